The molecule has 0 saturated carbocycles. The van der Waals surface area contributed by atoms with Crippen molar-refractivity contribution in [2.45, 2.75) is 38.6 Å². The summed E-state index contributed by atoms with van der Waals surface area (Å²) in [7, 11) is 0. The number of halogens is 3. The van der Waals surface area contributed by atoms with E-state index in [2.05, 4.69) is 5.16 Å². The summed E-state index contributed by atoms with van der Waals surface area (Å²) in [5, 5.41) is 4.11. The van der Waals surface area contributed by atoms with Gasteiger partial charge in [0.15, 0.2) is 6.10 Å². The van der Waals surface area contributed by atoms with E-state index in [1.807, 2.05) is 30.3 Å². The van der Waals surface area contributed by atoms with Crippen molar-refractivity contribution < 1.29 is 22.8 Å². The van der Waals surface area contributed by atoms with Gasteiger partial charge in [0, 0.05) is 19.4 Å². The minimum absolute atomic E-state index is 0.0944. The van der Waals surface area contributed by atoms with Crippen LogP contribution < -0.4 is 0 Å². The number of carbonyl (C=O) groups is 1. The first-order valence-electron chi connectivity index (χ1n) is 9.09. The van der Waals surface area contributed by atoms with Crippen molar-refractivity contribution in [1.29, 1.82) is 0 Å². The van der Waals surface area contributed by atoms with Crippen LogP contribution in [-0.4, -0.2) is 29.2 Å². The minimum atomic E-state index is -4.41. The van der Waals surface area contributed by atoms with Gasteiger partial charge in [-0.1, -0.05) is 54.5 Å². The number of hydrogen-bond donors (Lipinski definition) is 0. The highest BCUT2D eigenvalue weighted by Crippen LogP contribution is 2.30. The van der Waals surface area contributed by atoms with Crippen LogP contribution in [0.5, 0.6) is 0 Å². The van der Waals surface area contributed by atoms with Crippen LogP contribution in [-0.2, 0) is 22.4 Å². The largest absolute Gasteiger partial charge is 0.416 e. The molecule has 0 fully saturated rings. The number of hydrogen-bond acceptors (Lipinski definition) is 3. The molecular formula is C21H21F3N2O2. The summed E-state index contributed by atoms with van der Waals surface area (Å²) in [4.78, 5) is 19.4. The second kappa shape index (κ2) is 8.46. The molecule has 28 heavy (non-hydrogen) atoms. The first kappa shape index (κ1) is 19.9. The predicted molar refractivity (Wildman–Crippen MR) is 99.6 cm³/mol. The van der Waals surface area contributed by atoms with E-state index in [9.17, 15) is 18.0 Å². The van der Waals surface area contributed by atoms with Crippen molar-refractivity contribution in [3.05, 3.63) is 71.3 Å². The number of amides is 1. The first-order chi connectivity index (χ1) is 13.4. The Morgan fingerprint density at radius 3 is 2.61 bits per heavy atom. The Balaban J connectivity index is 1.68. The van der Waals surface area contributed by atoms with Crippen molar-refractivity contribution in [2.24, 2.45) is 5.16 Å². The summed E-state index contributed by atoms with van der Waals surface area (Å²) < 4.78 is 38.8. The van der Waals surface area contributed by atoms with Gasteiger partial charge in [0.2, 0.25) is 5.91 Å². The van der Waals surface area contributed by atoms with Crippen LogP contribution in [0.25, 0.3) is 0 Å². The molecule has 0 bridgehead atoms. The molecule has 3 rings (SSSR count). The SMILES string of the molecule is CCC(=O)N(Cc1cccc(C(F)(F)F)c1)CC1CC(c2ccccc2)=NO1. The summed E-state index contributed by atoms with van der Waals surface area (Å²) in [6.07, 6.45) is -3.93. The smallest absolute Gasteiger partial charge is 0.390 e. The van der Waals surface area contributed by atoms with Crippen LogP contribution in [0.1, 0.15) is 36.5 Å². The molecule has 2 aromatic rings. The van der Waals surface area contributed by atoms with Crippen LogP contribution in [0.15, 0.2) is 59.8 Å². The Kier molecular flexibility index (Phi) is 6.02. The average Bonchev–Trinajstić information content (AvgIpc) is 3.16. The highest BCUT2D eigenvalue weighted by molar-refractivity contribution is 6.01. The second-order valence-corrected chi connectivity index (χ2v) is 6.66. The minimum Gasteiger partial charge on any atom is -0.390 e. The molecule has 1 amide bonds. The van der Waals surface area contributed by atoms with Gasteiger partial charge in [-0.15, -0.1) is 0 Å². The van der Waals surface area contributed by atoms with E-state index in [1.165, 1.54) is 11.0 Å². The van der Waals surface area contributed by atoms with Gasteiger partial charge < -0.3 is 9.74 Å². The van der Waals surface area contributed by atoms with Crippen LogP contribution in [0.2, 0.25) is 0 Å². The maximum atomic E-state index is 12.9. The highest BCUT2D eigenvalue weighted by Gasteiger charge is 2.31. The fourth-order valence-electron chi connectivity index (χ4n) is 3.12. The molecule has 0 spiro atoms. The maximum absolute atomic E-state index is 12.9. The van der Waals surface area contributed by atoms with Gasteiger partial charge in [0.25, 0.3) is 0 Å². The summed E-state index contributed by atoms with van der Waals surface area (Å²) >= 11 is 0. The number of carbonyl (C=O) groups excluding carboxylic acids is 1. The van der Waals surface area contributed by atoms with Gasteiger partial charge >= 0.3 is 6.18 Å². The quantitative estimate of drug-likeness (QED) is 0.721. The molecule has 4 nitrogen and oxygen atoms in total. The van der Waals surface area contributed by atoms with E-state index in [0.29, 0.717) is 12.0 Å². The van der Waals surface area contributed by atoms with Gasteiger partial charge in [-0.3, -0.25) is 4.79 Å². The van der Waals surface area contributed by atoms with E-state index in [-0.39, 0.29) is 31.5 Å². The van der Waals surface area contributed by atoms with E-state index >= 15 is 0 Å². The fraction of sp³-hybridized carbons (Fsp3) is 0.333. The van der Waals surface area contributed by atoms with E-state index < -0.39 is 11.7 Å². The number of alkyl halides is 3. The molecule has 7 heteroatoms. The third-order valence-corrected chi connectivity index (χ3v) is 4.55. The van der Waals surface area contributed by atoms with Crippen molar-refractivity contribution in [3.63, 3.8) is 0 Å². The van der Waals surface area contributed by atoms with Crippen molar-refractivity contribution >= 4 is 11.6 Å². The normalized spacial score (nSPS) is 16.4. The Morgan fingerprint density at radius 2 is 1.93 bits per heavy atom. The van der Waals surface area contributed by atoms with Crippen molar-refractivity contribution in [1.82, 2.24) is 4.90 Å². The molecule has 1 unspecified atom stereocenters. The Labute approximate surface area is 161 Å². The van der Waals surface area contributed by atoms with Crippen LogP contribution >= 0.6 is 0 Å². The average molecular weight is 390 g/mol. The molecule has 1 atom stereocenters. The van der Waals surface area contributed by atoms with Gasteiger partial charge in [0.05, 0.1) is 17.8 Å². The number of nitrogens with zero attached hydrogens (tertiary/aromatic N) is 2. The monoisotopic (exact) mass is 390 g/mol. The topological polar surface area (TPSA) is 41.9 Å². The standard InChI is InChI=1S/C21H21F3N2O2/c1-2-20(27)26(13-15-7-6-10-17(11-15)21(22,23)24)14-18-12-19(25-28-18)16-8-4-3-5-9-16/h3-11,18H,2,12-14H2,1H3. The van der Waals surface area contributed by atoms with Crippen molar-refractivity contribution in [2.75, 3.05) is 6.54 Å². The lowest BCUT2D eigenvalue weighted by Crippen LogP contribution is -2.37. The fourth-order valence-corrected chi connectivity index (χ4v) is 3.12. The Hall–Kier alpha value is -2.83. The summed E-state index contributed by atoms with van der Waals surface area (Å²) in [6.45, 7) is 2.09. The molecule has 0 saturated heterocycles. The molecule has 0 aromatic heterocycles. The zero-order valence-corrected chi connectivity index (χ0v) is 15.4. The highest BCUT2D eigenvalue weighted by atomic mass is 19.4. The molecule has 148 valence electrons. The molecule has 1 heterocycles. The third kappa shape index (κ3) is 4.91. The van der Waals surface area contributed by atoms with E-state index in [0.717, 1.165) is 23.4 Å². The van der Waals surface area contributed by atoms with Gasteiger partial charge in [-0.25, -0.2) is 0 Å². The summed E-state index contributed by atoms with van der Waals surface area (Å²) in [6, 6.07) is 14.6. The van der Waals surface area contributed by atoms with Crippen LogP contribution in [0.3, 0.4) is 0 Å². The van der Waals surface area contributed by atoms with Crippen molar-refractivity contribution in [3.8, 4) is 0 Å². The molecule has 0 N–H and O–H groups in total. The summed E-state index contributed by atoms with van der Waals surface area (Å²) in [5.41, 5.74) is 1.46. The third-order valence-electron chi connectivity index (χ3n) is 4.55. The molecule has 1 aliphatic heterocycles. The lowest BCUT2D eigenvalue weighted by molar-refractivity contribution is -0.137. The predicted octanol–water partition coefficient (Wildman–Crippen LogP) is 4.64. The van der Waals surface area contributed by atoms with Gasteiger partial charge in [-0.05, 0) is 23.3 Å². The van der Waals surface area contributed by atoms with Crippen LogP contribution in [0.4, 0.5) is 13.2 Å². The number of oxime groups is 1. The molecule has 0 radical (unpaired) electrons. The Bertz CT molecular complexity index is 850. The lowest BCUT2D eigenvalue weighted by atomic mass is 10.0. The zero-order chi connectivity index (χ0) is 20.1. The zero-order valence-electron chi connectivity index (χ0n) is 15.4. The summed E-state index contributed by atoms with van der Waals surface area (Å²) in [5.74, 6) is -0.144. The van der Waals surface area contributed by atoms with Gasteiger partial charge in [0.1, 0.15) is 0 Å². The first-order valence-corrected chi connectivity index (χ1v) is 9.09. The van der Waals surface area contributed by atoms with Gasteiger partial charge in [-0.2, -0.15) is 13.2 Å². The molecule has 1 aliphatic rings. The molecular weight excluding hydrogens is 369 g/mol. The number of benzene rings is 2. The lowest BCUT2D eigenvalue weighted by Gasteiger charge is -2.25. The molecule has 0 aliphatic carbocycles. The van der Waals surface area contributed by atoms with E-state index in [4.69, 9.17) is 4.84 Å². The number of rotatable bonds is 6. The molecule has 2 aromatic carbocycles. The second-order valence-electron chi connectivity index (χ2n) is 6.66. The van der Waals surface area contributed by atoms with E-state index in [1.54, 1.807) is 13.0 Å². The Morgan fingerprint density at radius 1 is 1.18 bits per heavy atom. The van der Waals surface area contributed by atoms with Crippen LogP contribution in [0, 0.1) is 0 Å². The maximum Gasteiger partial charge on any atom is 0.416 e.